The van der Waals surface area contributed by atoms with Gasteiger partial charge in [0.2, 0.25) is 11.8 Å². The van der Waals surface area contributed by atoms with Crippen LogP contribution in [0.15, 0.2) is 24.3 Å². The molecule has 1 atom stereocenters. The fraction of sp³-hybridized carbons (Fsp3) is 0.429. The Balaban J connectivity index is 1.81. The summed E-state index contributed by atoms with van der Waals surface area (Å²) in [6, 6.07) is 7.23. The minimum atomic E-state index is -0.567. The van der Waals surface area contributed by atoms with Crippen LogP contribution in [0.1, 0.15) is 50.8 Å². The first-order valence-electron chi connectivity index (χ1n) is 9.22. The van der Waals surface area contributed by atoms with Crippen molar-refractivity contribution in [2.24, 2.45) is 0 Å². The summed E-state index contributed by atoms with van der Waals surface area (Å²) in [5.41, 5.74) is 1.74. The molecule has 148 valence electrons. The molecule has 1 fully saturated rings. The first-order valence-corrected chi connectivity index (χ1v) is 9.22. The van der Waals surface area contributed by atoms with E-state index in [9.17, 15) is 14.4 Å². The molecule has 28 heavy (non-hydrogen) atoms. The lowest BCUT2D eigenvalue weighted by molar-refractivity contribution is -0.157. The number of pyridine rings is 1. The van der Waals surface area contributed by atoms with Crippen LogP contribution < -0.4 is 10.1 Å². The highest BCUT2D eigenvalue weighted by Crippen LogP contribution is 2.30. The SMILES string of the molecule is Cc1nc2ccc(OCC(=O)OC(C)(C)C)cc2cc1C1CCC(=O)NC1=O. The summed E-state index contributed by atoms with van der Waals surface area (Å²) in [5.74, 6) is -0.874. The molecular formula is C21H24N2O5. The zero-order valence-electron chi connectivity index (χ0n) is 16.5. The monoisotopic (exact) mass is 384 g/mol. The standard InChI is InChI=1S/C21H24N2O5/c1-12-16(15-6-8-18(24)23-20(15)26)10-13-9-14(5-7-17(13)22-12)27-11-19(25)28-21(2,3)4/h5,7,9-10,15H,6,8,11H2,1-4H3,(H,23,24,26). The first-order chi connectivity index (χ1) is 13.1. The summed E-state index contributed by atoms with van der Waals surface area (Å²) in [4.78, 5) is 40.0. The van der Waals surface area contributed by atoms with Gasteiger partial charge in [-0.05, 0) is 63.9 Å². The van der Waals surface area contributed by atoms with E-state index in [1.807, 2.05) is 13.0 Å². The van der Waals surface area contributed by atoms with Crippen LogP contribution in [0.25, 0.3) is 10.9 Å². The van der Waals surface area contributed by atoms with Gasteiger partial charge < -0.3 is 9.47 Å². The Labute approximate surface area is 163 Å². The number of nitrogens with zero attached hydrogens (tertiary/aromatic N) is 1. The third-order valence-electron chi connectivity index (χ3n) is 4.41. The van der Waals surface area contributed by atoms with Gasteiger partial charge in [-0.15, -0.1) is 0 Å². The van der Waals surface area contributed by atoms with Crippen LogP contribution in [0.3, 0.4) is 0 Å². The predicted molar refractivity (Wildman–Crippen MR) is 103 cm³/mol. The number of carbonyl (C=O) groups is 3. The van der Waals surface area contributed by atoms with Crippen molar-refractivity contribution in [1.82, 2.24) is 10.3 Å². The smallest absolute Gasteiger partial charge is 0.344 e. The molecule has 3 rings (SSSR count). The number of aryl methyl sites for hydroxylation is 1. The van der Waals surface area contributed by atoms with Crippen LogP contribution in [0.5, 0.6) is 5.75 Å². The van der Waals surface area contributed by atoms with Crippen molar-refractivity contribution in [3.8, 4) is 5.75 Å². The van der Waals surface area contributed by atoms with E-state index in [2.05, 4.69) is 10.3 Å². The van der Waals surface area contributed by atoms with E-state index in [-0.39, 0.29) is 18.4 Å². The molecule has 1 N–H and O–H groups in total. The van der Waals surface area contributed by atoms with Gasteiger partial charge in [0.1, 0.15) is 11.4 Å². The van der Waals surface area contributed by atoms with E-state index in [1.165, 1.54) is 0 Å². The molecule has 1 unspecified atom stereocenters. The van der Waals surface area contributed by atoms with Crippen LogP contribution in [-0.2, 0) is 19.1 Å². The molecule has 0 spiro atoms. The second kappa shape index (κ2) is 7.58. The maximum atomic E-state index is 12.2. The molecule has 2 aromatic rings. The lowest BCUT2D eigenvalue weighted by Crippen LogP contribution is -2.39. The minimum absolute atomic E-state index is 0.192. The molecule has 2 amide bonds. The van der Waals surface area contributed by atoms with Crippen molar-refractivity contribution >= 4 is 28.7 Å². The third kappa shape index (κ3) is 4.65. The number of hydrogen-bond acceptors (Lipinski definition) is 6. The lowest BCUT2D eigenvalue weighted by atomic mass is 9.89. The zero-order chi connectivity index (χ0) is 20.5. The van der Waals surface area contributed by atoms with E-state index in [1.54, 1.807) is 39.0 Å². The van der Waals surface area contributed by atoms with Crippen molar-refractivity contribution in [3.05, 3.63) is 35.5 Å². The first kappa shape index (κ1) is 19.8. The molecule has 7 heteroatoms. The molecule has 0 saturated carbocycles. The number of aromatic nitrogens is 1. The van der Waals surface area contributed by atoms with Gasteiger partial charge in [-0.25, -0.2) is 4.79 Å². The number of nitrogens with one attached hydrogen (secondary N) is 1. The lowest BCUT2D eigenvalue weighted by Gasteiger charge is -2.22. The highest BCUT2D eigenvalue weighted by molar-refractivity contribution is 6.01. The van der Waals surface area contributed by atoms with Crippen molar-refractivity contribution in [3.63, 3.8) is 0 Å². The Kier molecular flexibility index (Phi) is 5.36. The summed E-state index contributed by atoms with van der Waals surface area (Å²) in [7, 11) is 0. The molecule has 1 aliphatic rings. The maximum Gasteiger partial charge on any atom is 0.344 e. The molecular weight excluding hydrogens is 360 g/mol. The van der Waals surface area contributed by atoms with E-state index < -0.39 is 17.5 Å². The molecule has 2 heterocycles. The van der Waals surface area contributed by atoms with Gasteiger partial charge >= 0.3 is 5.97 Å². The number of hydrogen-bond donors (Lipinski definition) is 1. The molecule has 1 saturated heterocycles. The van der Waals surface area contributed by atoms with E-state index in [4.69, 9.17) is 9.47 Å². The second-order valence-electron chi connectivity index (χ2n) is 7.90. The van der Waals surface area contributed by atoms with Gasteiger partial charge in [0.05, 0.1) is 11.4 Å². The largest absolute Gasteiger partial charge is 0.482 e. The molecule has 0 aliphatic carbocycles. The number of piperidine rings is 1. The van der Waals surface area contributed by atoms with Crippen LogP contribution in [0, 0.1) is 6.92 Å². The van der Waals surface area contributed by atoms with Crippen LogP contribution in [-0.4, -0.2) is 35.0 Å². The van der Waals surface area contributed by atoms with E-state index in [0.29, 0.717) is 18.6 Å². The van der Waals surface area contributed by atoms with E-state index >= 15 is 0 Å². The van der Waals surface area contributed by atoms with Gasteiger partial charge in [0.25, 0.3) is 0 Å². The normalized spacial score (nSPS) is 17.4. The topological polar surface area (TPSA) is 94.6 Å². The van der Waals surface area contributed by atoms with Crippen LogP contribution in [0.2, 0.25) is 0 Å². The van der Waals surface area contributed by atoms with Crippen molar-refractivity contribution in [2.45, 2.75) is 52.1 Å². The van der Waals surface area contributed by atoms with Crippen molar-refractivity contribution in [2.75, 3.05) is 6.61 Å². The van der Waals surface area contributed by atoms with Crippen LogP contribution in [0.4, 0.5) is 0 Å². The second-order valence-corrected chi connectivity index (χ2v) is 7.90. The summed E-state index contributed by atoms with van der Waals surface area (Å²) in [6.07, 6.45) is 0.778. The Morgan fingerprint density at radius 2 is 2.00 bits per heavy atom. The highest BCUT2D eigenvalue weighted by Gasteiger charge is 2.29. The highest BCUT2D eigenvalue weighted by atomic mass is 16.6. The number of amides is 2. The maximum absolute atomic E-state index is 12.2. The van der Waals surface area contributed by atoms with Crippen molar-refractivity contribution < 1.29 is 23.9 Å². The molecule has 7 nitrogen and oxygen atoms in total. The summed E-state index contributed by atoms with van der Waals surface area (Å²) < 4.78 is 10.8. The number of esters is 1. The summed E-state index contributed by atoms with van der Waals surface area (Å²) in [6.45, 7) is 7.05. The molecule has 1 aromatic heterocycles. The Hall–Kier alpha value is -2.96. The zero-order valence-corrected chi connectivity index (χ0v) is 16.5. The third-order valence-corrected chi connectivity index (χ3v) is 4.41. The fourth-order valence-corrected chi connectivity index (χ4v) is 3.21. The molecule has 1 aliphatic heterocycles. The van der Waals surface area contributed by atoms with Gasteiger partial charge in [-0.1, -0.05) is 0 Å². The van der Waals surface area contributed by atoms with Gasteiger partial charge in [0, 0.05) is 17.5 Å². The Morgan fingerprint density at radius 3 is 2.68 bits per heavy atom. The molecule has 0 bridgehead atoms. The predicted octanol–water partition coefficient (Wildman–Crippen LogP) is 2.78. The number of imide groups is 1. The summed E-state index contributed by atoms with van der Waals surface area (Å²) in [5, 5.41) is 3.18. The van der Waals surface area contributed by atoms with Crippen LogP contribution >= 0.6 is 0 Å². The van der Waals surface area contributed by atoms with Gasteiger partial charge in [0.15, 0.2) is 6.61 Å². The Morgan fingerprint density at radius 1 is 1.25 bits per heavy atom. The average Bonchev–Trinajstić information content (AvgIpc) is 2.58. The number of carbonyl (C=O) groups excluding carboxylic acids is 3. The number of ether oxygens (including phenoxy) is 2. The number of rotatable bonds is 4. The van der Waals surface area contributed by atoms with Crippen molar-refractivity contribution in [1.29, 1.82) is 0 Å². The Bertz CT molecular complexity index is 946. The molecule has 1 aromatic carbocycles. The number of fused-ring (bicyclic) bond motifs is 1. The van der Waals surface area contributed by atoms with E-state index in [0.717, 1.165) is 22.2 Å². The summed E-state index contributed by atoms with van der Waals surface area (Å²) >= 11 is 0. The van der Waals surface area contributed by atoms with Gasteiger partial charge in [-0.3, -0.25) is 19.9 Å². The minimum Gasteiger partial charge on any atom is -0.482 e. The van der Waals surface area contributed by atoms with Gasteiger partial charge in [-0.2, -0.15) is 0 Å². The molecule has 0 radical (unpaired) electrons. The quantitative estimate of drug-likeness (QED) is 0.643. The fourth-order valence-electron chi connectivity index (χ4n) is 3.21. The number of benzene rings is 1. The average molecular weight is 384 g/mol.